The Morgan fingerprint density at radius 1 is 1.29 bits per heavy atom. The summed E-state index contributed by atoms with van der Waals surface area (Å²) in [5.41, 5.74) is 2.16. The molecule has 0 radical (unpaired) electrons. The van der Waals surface area contributed by atoms with Gasteiger partial charge in [0.15, 0.2) is 0 Å². The molecule has 0 aromatic carbocycles. The molecule has 1 N–H and O–H groups in total. The van der Waals surface area contributed by atoms with Crippen LogP contribution in [0, 0.1) is 0 Å². The highest BCUT2D eigenvalue weighted by Crippen LogP contribution is 2.36. The second-order valence-electron chi connectivity index (χ2n) is 5.59. The Balaban J connectivity index is 1.79. The number of hydrogen-bond donors (Lipinski definition) is 1. The molecule has 0 bridgehead atoms. The highest BCUT2D eigenvalue weighted by Gasteiger charge is 2.27. The largest absolute Gasteiger partial charge is 0.349 e. The lowest BCUT2D eigenvalue weighted by Crippen LogP contribution is -2.34. The van der Waals surface area contributed by atoms with Crippen LogP contribution in [0.5, 0.6) is 0 Å². The normalized spacial score (nSPS) is 19.3. The maximum Gasteiger partial charge on any atom is 0.142 e. The van der Waals surface area contributed by atoms with Crippen LogP contribution in [0.15, 0.2) is 31.0 Å². The molecule has 6 heteroatoms. The first-order valence-electron chi connectivity index (χ1n) is 7.36. The number of hydrogen-bond acceptors (Lipinski definition) is 4. The minimum absolute atomic E-state index is 0.348. The van der Waals surface area contributed by atoms with E-state index in [1.807, 2.05) is 24.1 Å². The smallest absolute Gasteiger partial charge is 0.142 e. The van der Waals surface area contributed by atoms with Crippen LogP contribution in [0.3, 0.4) is 0 Å². The van der Waals surface area contributed by atoms with Gasteiger partial charge in [-0.05, 0) is 25.3 Å². The fourth-order valence-corrected chi connectivity index (χ4v) is 3.23. The van der Waals surface area contributed by atoms with Crippen molar-refractivity contribution < 1.29 is 0 Å². The standard InChI is InChI=1S/C15H18N6/c1-20-9-11(8-19-20)13-4-2-3-7-21(13)15-12-5-6-16-14(12)17-10-18-15/h5-6,8-10,13H,2-4,7H2,1H3,(H,16,17,18)/t13-/m1/s1. The van der Waals surface area contributed by atoms with E-state index in [1.165, 1.54) is 18.4 Å². The highest BCUT2D eigenvalue weighted by atomic mass is 15.3. The van der Waals surface area contributed by atoms with Crippen molar-refractivity contribution in [1.82, 2.24) is 24.7 Å². The first kappa shape index (κ1) is 12.4. The van der Waals surface area contributed by atoms with E-state index in [0.717, 1.165) is 29.8 Å². The molecule has 0 amide bonds. The predicted molar refractivity (Wildman–Crippen MR) is 81.0 cm³/mol. The number of piperidine rings is 1. The molecule has 0 spiro atoms. The zero-order valence-electron chi connectivity index (χ0n) is 12.0. The van der Waals surface area contributed by atoms with Crippen molar-refractivity contribution >= 4 is 16.9 Å². The third-order valence-electron chi connectivity index (χ3n) is 4.22. The zero-order chi connectivity index (χ0) is 14.2. The predicted octanol–water partition coefficient (Wildman–Crippen LogP) is 2.42. The topological polar surface area (TPSA) is 62.6 Å². The van der Waals surface area contributed by atoms with Crippen molar-refractivity contribution in [1.29, 1.82) is 0 Å². The lowest BCUT2D eigenvalue weighted by Gasteiger charge is -2.36. The summed E-state index contributed by atoms with van der Waals surface area (Å²) in [7, 11) is 1.96. The van der Waals surface area contributed by atoms with Crippen LogP contribution in [0.1, 0.15) is 30.9 Å². The summed E-state index contributed by atoms with van der Waals surface area (Å²) in [6.07, 6.45) is 11.2. The van der Waals surface area contributed by atoms with E-state index in [2.05, 4.69) is 37.2 Å². The average molecular weight is 282 g/mol. The van der Waals surface area contributed by atoms with E-state index in [4.69, 9.17) is 0 Å². The van der Waals surface area contributed by atoms with Gasteiger partial charge in [-0.3, -0.25) is 4.68 Å². The SMILES string of the molecule is Cn1cc([C@H]2CCCCN2c2ncnc3[nH]ccc23)cn1. The van der Waals surface area contributed by atoms with E-state index in [9.17, 15) is 0 Å². The van der Waals surface area contributed by atoms with Gasteiger partial charge in [0.2, 0.25) is 0 Å². The number of fused-ring (bicyclic) bond motifs is 1. The van der Waals surface area contributed by atoms with E-state index in [0.29, 0.717) is 6.04 Å². The monoisotopic (exact) mass is 282 g/mol. The van der Waals surface area contributed by atoms with Crippen molar-refractivity contribution in [2.45, 2.75) is 25.3 Å². The molecule has 4 rings (SSSR count). The van der Waals surface area contributed by atoms with Crippen LogP contribution in [-0.4, -0.2) is 31.3 Å². The molecule has 21 heavy (non-hydrogen) atoms. The fourth-order valence-electron chi connectivity index (χ4n) is 3.23. The van der Waals surface area contributed by atoms with Crippen LogP contribution < -0.4 is 4.90 Å². The van der Waals surface area contributed by atoms with Gasteiger partial charge in [-0.25, -0.2) is 9.97 Å². The van der Waals surface area contributed by atoms with Gasteiger partial charge in [-0.1, -0.05) is 0 Å². The number of aryl methyl sites for hydroxylation is 1. The minimum Gasteiger partial charge on any atom is -0.349 e. The van der Waals surface area contributed by atoms with Gasteiger partial charge in [0.25, 0.3) is 0 Å². The van der Waals surface area contributed by atoms with Crippen LogP contribution in [0.4, 0.5) is 5.82 Å². The fraction of sp³-hybridized carbons (Fsp3) is 0.400. The van der Waals surface area contributed by atoms with Crippen LogP contribution >= 0.6 is 0 Å². The molecule has 108 valence electrons. The van der Waals surface area contributed by atoms with E-state index >= 15 is 0 Å². The Bertz CT molecular complexity index is 758. The maximum atomic E-state index is 4.55. The quantitative estimate of drug-likeness (QED) is 0.784. The third-order valence-corrected chi connectivity index (χ3v) is 4.22. The maximum absolute atomic E-state index is 4.55. The molecule has 1 aliphatic rings. The van der Waals surface area contributed by atoms with Crippen LogP contribution in [-0.2, 0) is 7.05 Å². The molecule has 1 atom stereocenters. The third kappa shape index (κ3) is 2.07. The number of nitrogens with zero attached hydrogens (tertiary/aromatic N) is 5. The molecule has 4 heterocycles. The molecule has 0 unspecified atom stereocenters. The van der Waals surface area contributed by atoms with Gasteiger partial charge in [0, 0.05) is 31.5 Å². The van der Waals surface area contributed by atoms with Crippen molar-refractivity contribution in [3.8, 4) is 0 Å². The first-order valence-corrected chi connectivity index (χ1v) is 7.36. The van der Waals surface area contributed by atoms with Crippen molar-refractivity contribution in [3.05, 3.63) is 36.5 Å². The van der Waals surface area contributed by atoms with E-state index in [-0.39, 0.29) is 0 Å². The number of rotatable bonds is 2. The summed E-state index contributed by atoms with van der Waals surface area (Å²) in [6, 6.07) is 2.40. The lowest BCUT2D eigenvalue weighted by molar-refractivity contribution is 0.470. The van der Waals surface area contributed by atoms with Crippen molar-refractivity contribution in [2.75, 3.05) is 11.4 Å². The van der Waals surface area contributed by atoms with Crippen molar-refractivity contribution in [2.24, 2.45) is 7.05 Å². The molecule has 3 aromatic heterocycles. The summed E-state index contributed by atoms with van der Waals surface area (Å²) in [5.74, 6) is 1.02. The highest BCUT2D eigenvalue weighted by molar-refractivity contribution is 5.87. The minimum atomic E-state index is 0.348. The Morgan fingerprint density at radius 2 is 2.24 bits per heavy atom. The molecule has 1 aliphatic heterocycles. The Hall–Kier alpha value is -2.37. The summed E-state index contributed by atoms with van der Waals surface area (Å²) in [4.78, 5) is 14.4. The van der Waals surface area contributed by atoms with Gasteiger partial charge in [0.05, 0.1) is 17.6 Å². The number of aromatic nitrogens is 5. The molecular weight excluding hydrogens is 264 g/mol. The summed E-state index contributed by atoms with van der Waals surface area (Å²) in [6.45, 7) is 1.02. The lowest BCUT2D eigenvalue weighted by atomic mass is 9.97. The van der Waals surface area contributed by atoms with Crippen molar-refractivity contribution in [3.63, 3.8) is 0 Å². The number of anilines is 1. The van der Waals surface area contributed by atoms with E-state index in [1.54, 1.807) is 6.33 Å². The summed E-state index contributed by atoms with van der Waals surface area (Å²) in [5, 5.41) is 5.41. The summed E-state index contributed by atoms with van der Waals surface area (Å²) < 4.78 is 1.87. The van der Waals surface area contributed by atoms with Gasteiger partial charge < -0.3 is 9.88 Å². The molecule has 3 aromatic rings. The summed E-state index contributed by atoms with van der Waals surface area (Å²) >= 11 is 0. The Morgan fingerprint density at radius 3 is 3.10 bits per heavy atom. The van der Waals surface area contributed by atoms with E-state index < -0.39 is 0 Å². The van der Waals surface area contributed by atoms with Crippen LogP contribution in [0.25, 0.3) is 11.0 Å². The number of aromatic amines is 1. The van der Waals surface area contributed by atoms with Gasteiger partial charge in [0.1, 0.15) is 17.8 Å². The first-order chi connectivity index (χ1) is 10.3. The molecule has 1 saturated heterocycles. The molecule has 6 nitrogen and oxygen atoms in total. The second-order valence-corrected chi connectivity index (χ2v) is 5.59. The Labute approximate surface area is 122 Å². The molecule has 0 aliphatic carbocycles. The zero-order valence-corrected chi connectivity index (χ0v) is 12.0. The second kappa shape index (κ2) is 4.87. The average Bonchev–Trinajstić information content (AvgIpc) is 3.15. The van der Waals surface area contributed by atoms with Gasteiger partial charge >= 0.3 is 0 Å². The van der Waals surface area contributed by atoms with Crippen LogP contribution in [0.2, 0.25) is 0 Å². The number of nitrogens with one attached hydrogen (secondary N) is 1. The number of H-pyrrole nitrogens is 1. The van der Waals surface area contributed by atoms with Gasteiger partial charge in [-0.2, -0.15) is 5.10 Å². The van der Waals surface area contributed by atoms with Gasteiger partial charge in [-0.15, -0.1) is 0 Å². The Kier molecular flexibility index (Phi) is 2.87. The molecular formula is C15H18N6. The molecule has 0 saturated carbocycles. The molecule has 1 fully saturated rings.